The van der Waals surface area contributed by atoms with Gasteiger partial charge in [-0.15, -0.1) is 0 Å². The van der Waals surface area contributed by atoms with E-state index in [2.05, 4.69) is 9.97 Å². The Hall–Kier alpha value is -2.22. The molecule has 2 saturated heterocycles. The molecule has 0 aromatic carbocycles. The highest BCUT2D eigenvalue weighted by molar-refractivity contribution is 5.85. The van der Waals surface area contributed by atoms with E-state index in [1.54, 1.807) is 16.7 Å². The summed E-state index contributed by atoms with van der Waals surface area (Å²) in [4.78, 5) is 46.7. The Morgan fingerprint density at radius 2 is 2.16 bits per heavy atom. The van der Waals surface area contributed by atoms with E-state index in [1.807, 2.05) is 0 Å². The van der Waals surface area contributed by atoms with Crippen LogP contribution in [0.2, 0.25) is 0 Å². The average molecular weight is 348 g/mol. The van der Waals surface area contributed by atoms with Crippen LogP contribution in [0.25, 0.3) is 0 Å². The van der Waals surface area contributed by atoms with Gasteiger partial charge < -0.3 is 19.5 Å². The van der Waals surface area contributed by atoms with E-state index in [1.165, 1.54) is 6.07 Å². The number of morpholine rings is 1. The van der Waals surface area contributed by atoms with Crippen LogP contribution in [-0.2, 0) is 14.3 Å². The van der Waals surface area contributed by atoms with Crippen molar-refractivity contribution in [3.63, 3.8) is 0 Å². The number of aryl methyl sites for hydroxylation is 1. The monoisotopic (exact) mass is 348 g/mol. The molecule has 1 aromatic heterocycles. The van der Waals surface area contributed by atoms with Gasteiger partial charge in [0.15, 0.2) is 0 Å². The molecule has 0 bridgehead atoms. The fourth-order valence-electron chi connectivity index (χ4n) is 3.26. The second-order valence-electron chi connectivity index (χ2n) is 6.60. The molecule has 0 spiro atoms. The van der Waals surface area contributed by atoms with E-state index < -0.39 is 6.10 Å². The van der Waals surface area contributed by atoms with E-state index >= 15 is 0 Å². The lowest BCUT2D eigenvalue weighted by Gasteiger charge is -2.33. The standard InChI is InChI=1S/C17H24N4O4/c1-12-9-14(22)19-17(18-12)13-10-21(7-8-25-13)16(24)11-20-6-4-2-3-5-15(20)23/h9,13H,2-8,10-11H2,1H3,(H,18,19,22). The molecule has 2 amide bonds. The number of ether oxygens (including phenoxy) is 1. The number of amides is 2. The number of H-pyrrole nitrogens is 1. The molecule has 1 unspecified atom stereocenters. The third-order valence-corrected chi connectivity index (χ3v) is 4.61. The first-order valence-corrected chi connectivity index (χ1v) is 8.78. The topological polar surface area (TPSA) is 95.6 Å². The molecular formula is C17H24N4O4. The van der Waals surface area contributed by atoms with E-state index in [0.717, 1.165) is 19.3 Å². The van der Waals surface area contributed by atoms with Crippen LogP contribution < -0.4 is 5.56 Å². The van der Waals surface area contributed by atoms with Crippen molar-refractivity contribution in [2.45, 2.75) is 38.7 Å². The normalized spacial score (nSPS) is 22.0. The number of nitrogens with zero attached hydrogens (tertiary/aromatic N) is 3. The summed E-state index contributed by atoms with van der Waals surface area (Å²) < 4.78 is 5.68. The maximum absolute atomic E-state index is 12.6. The summed E-state index contributed by atoms with van der Waals surface area (Å²) >= 11 is 0. The van der Waals surface area contributed by atoms with E-state index in [-0.39, 0.29) is 23.9 Å². The van der Waals surface area contributed by atoms with Crippen molar-refractivity contribution < 1.29 is 14.3 Å². The number of carbonyl (C=O) groups excluding carboxylic acids is 2. The first-order valence-electron chi connectivity index (χ1n) is 8.78. The highest BCUT2D eigenvalue weighted by Gasteiger charge is 2.29. The van der Waals surface area contributed by atoms with Crippen molar-refractivity contribution in [2.75, 3.05) is 32.8 Å². The van der Waals surface area contributed by atoms with Gasteiger partial charge >= 0.3 is 0 Å². The van der Waals surface area contributed by atoms with Crippen LogP contribution in [0.1, 0.15) is 43.3 Å². The lowest BCUT2D eigenvalue weighted by molar-refractivity contribution is -0.145. The molecule has 2 aliphatic heterocycles. The predicted molar refractivity (Wildman–Crippen MR) is 89.9 cm³/mol. The summed E-state index contributed by atoms with van der Waals surface area (Å²) in [5.74, 6) is 0.409. The summed E-state index contributed by atoms with van der Waals surface area (Å²) in [6.45, 7) is 3.69. The van der Waals surface area contributed by atoms with Gasteiger partial charge in [-0.2, -0.15) is 0 Å². The molecule has 1 N–H and O–H groups in total. The third kappa shape index (κ3) is 4.45. The van der Waals surface area contributed by atoms with Crippen LogP contribution in [0.15, 0.2) is 10.9 Å². The molecule has 2 fully saturated rings. The summed E-state index contributed by atoms with van der Waals surface area (Å²) in [6, 6.07) is 1.42. The minimum atomic E-state index is -0.454. The zero-order valence-electron chi connectivity index (χ0n) is 14.5. The molecule has 25 heavy (non-hydrogen) atoms. The van der Waals surface area contributed by atoms with Gasteiger partial charge in [-0.25, -0.2) is 4.98 Å². The smallest absolute Gasteiger partial charge is 0.251 e. The molecule has 0 radical (unpaired) electrons. The Morgan fingerprint density at radius 3 is 2.96 bits per heavy atom. The van der Waals surface area contributed by atoms with E-state index in [4.69, 9.17) is 4.74 Å². The van der Waals surface area contributed by atoms with Gasteiger partial charge in [-0.3, -0.25) is 14.4 Å². The number of aromatic nitrogens is 2. The van der Waals surface area contributed by atoms with Crippen molar-refractivity contribution in [3.8, 4) is 0 Å². The SMILES string of the molecule is Cc1cc(=O)[nH]c(C2CN(C(=O)CN3CCCCCC3=O)CCO2)n1. The first kappa shape index (κ1) is 17.6. The minimum absolute atomic E-state index is 0.0559. The molecule has 2 aliphatic rings. The molecule has 1 atom stereocenters. The van der Waals surface area contributed by atoms with Crippen LogP contribution in [0.4, 0.5) is 0 Å². The van der Waals surface area contributed by atoms with Crippen molar-refractivity contribution in [1.82, 2.24) is 19.8 Å². The molecule has 8 heteroatoms. The number of carbonyl (C=O) groups is 2. The second kappa shape index (κ2) is 7.77. The molecular weight excluding hydrogens is 324 g/mol. The summed E-state index contributed by atoms with van der Waals surface area (Å²) in [6.07, 6.45) is 2.94. The molecule has 1 aromatic rings. The van der Waals surface area contributed by atoms with Crippen LogP contribution in [0.5, 0.6) is 0 Å². The summed E-state index contributed by atoms with van der Waals surface area (Å²) in [7, 11) is 0. The van der Waals surface area contributed by atoms with Gasteiger partial charge in [-0.1, -0.05) is 6.42 Å². The Morgan fingerprint density at radius 1 is 1.32 bits per heavy atom. The van der Waals surface area contributed by atoms with Crippen LogP contribution in [0.3, 0.4) is 0 Å². The lowest BCUT2D eigenvalue weighted by Crippen LogP contribution is -2.48. The second-order valence-corrected chi connectivity index (χ2v) is 6.60. The third-order valence-electron chi connectivity index (χ3n) is 4.61. The highest BCUT2D eigenvalue weighted by Crippen LogP contribution is 2.19. The zero-order valence-corrected chi connectivity index (χ0v) is 14.5. The quantitative estimate of drug-likeness (QED) is 0.852. The minimum Gasteiger partial charge on any atom is -0.367 e. The molecule has 3 heterocycles. The van der Waals surface area contributed by atoms with Crippen LogP contribution >= 0.6 is 0 Å². The van der Waals surface area contributed by atoms with Gasteiger partial charge in [0.25, 0.3) is 5.56 Å². The fourth-order valence-corrected chi connectivity index (χ4v) is 3.26. The zero-order chi connectivity index (χ0) is 17.8. The van der Waals surface area contributed by atoms with E-state index in [9.17, 15) is 14.4 Å². The van der Waals surface area contributed by atoms with Gasteiger partial charge in [-0.05, 0) is 19.8 Å². The number of nitrogens with one attached hydrogen (secondary N) is 1. The predicted octanol–water partition coefficient (Wildman–Crippen LogP) is 0.381. The number of hydrogen-bond acceptors (Lipinski definition) is 5. The van der Waals surface area contributed by atoms with Gasteiger partial charge in [0.05, 0.1) is 19.7 Å². The Kier molecular flexibility index (Phi) is 5.47. The summed E-state index contributed by atoms with van der Waals surface area (Å²) in [5, 5.41) is 0. The van der Waals surface area contributed by atoms with Crippen molar-refractivity contribution in [1.29, 1.82) is 0 Å². The van der Waals surface area contributed by atoms with Crippen molar-refractivity contribution in [2.24, 2.45) is 0 Å². The van der Waals surface area contributed by atoms with Crippen molar-refractivity contribution in [3.05, 3.63) is 27.9 Å². The van der Waals surface area contributed by atoms with Crippen molar-refractivity contribution >= 4 is 11.8 Å². The summed E-state index contributed by atoms with van der Waals surface area (Å²) in [5.41, 5.74) is 0.380. The molecule has 3 rings (SSSR count). The van der Waals surface area contributed by atoms with Gasteiger partial charge in [0.2, 0.25) is 11.8 Å². The van der Waals surface area contributed by atoms with Crippen LogP contribution in [0, 0.1) is 6.92 Å². The maximum Gasteiger partial charge on any atom is 0.251 e. The Bertz CT molecular complexity index is 702. The molecule has 0 aliphatic carbocycles. The molecule has 136 valence electrons. The Balaban J connectivity index is 1.65. The van der Waals surface area contributed by atoms with Gasteiger partial charge in [0, 0.05) is 31.3 Å². The maximum atomic E-state index is 12.6. The average Bonchev–Trinajstić information content (AvgIpc) is 2.79. The number of aromatic amines is 1. The highest BCUT2D eigenvalue weighted by atomic mass is 16.5. The Labute approximate surface area is 146 Å². The number of likely N-dealkylation sites (tertiary alicyclic amines) is 1. The van der Waals surface area contributed by atoms with E-state index in [0.29, 0.717) is 44.2 Å². The number of rotatable bonds is 3. The number of hydrogen-bond donors (Lipinski definition) is 1. The lowest BCUT2D eigenvalue weighted by atomic mass is 10.2. The molecule has 8 nitrogen and oxygen atoms in total. The van der Waals surface area contributed by atoms with Crippen LogP contribution in [-0.4, -0.2) is 64.4 Å². The fraction of sp³-hybridized carbons (Fsp3) is 0.647. The largest absolute Gasteiger partial charge is 0.367 e. The van der Waals surface area contributed by atoms with Gasteiger partial charge in [0.1, 0.15) is 11.9 Å². The first-order chi connectivity index (χ1) is 12.0. The molecule has 0 saturated carbocycles.